The summed E-state index contributed by atoms with van der Waals surface area (Å²) in [4.78, 5) is -0.602. The van der Waals surface area contributed by atoms with E-state index in [2.05, 4.69) is 4.72 Å². The highest BCUT2D eigenvalue weighted by Crippen LogP contribution is 2.31. The Morgan fingerprint density at radius 1 is 1.24 bits per heavy atom. The SMILES string of the molecule is COCC(CO)NS(=O)(=O)c1cc(OC)c(OC)cc1F. The minimum absolute atomic E-state index is 0.0510. The quantitative estimate of drug-likeness (QED) is 0.706. The molecule has 2 N–H and O–H groups in total. The van der Waals surface area contributed by atoms with Crippen molar-refractivity contribution in [3.8, 4) is 11.5 Å². The van der Waals surface area contributed by atoms with Crippen LogP contribution in [0, 0.1) is 5.82 Å². The molecule has 0 heterocycles. The molecular formula is C12H18FNO6S. The van der Waals surface area contributed by atoms with E-state index in [0.717, 1.165) is 12.1 Å². The molecule has 1 atom stereocenters. The molecule has 0 amide bonds. The average molecular weight is 323 g/mol. The molecule has 0 aliphatic heterocycles. The Bertz CT molecular complexity index is 577. The van der Waals surface area contributed by atoms with Gasteiger partial charge in [0.25, 0.3) is 0 Å². The zero-order valence-electron chi connectivity index (χ0n) is 11.9. The summed E-state index contributed by atoms with van der Waals surface area (Å²) >= 11 is 0. The molecule has 120 valence electrons. The summed E-state index contributed by atoms with van der Waals surface area (Å²) in [5.74, 6) is -0.842. The van der Waals surface area contributed by atoms with Crippen LogP contribution in [0.15, 0.2) is 17.0 Å². The molecule has 1 unspecified atom stereocenters. The Labute approximate surface area is 122 Å². The van der Waals surface area contributed by atoms with Gasteiger partial charge in [-0.2, -0.15) is 0 Å². The van der Waals surface area contributed by atoms with E-state index in [1.165, 1.54) is 21.3 Å². The topological polar surface area (TPSA) is 94.1 Å². The van der Waals surface area contributed by atoms with Crippen LogP contribution in [0.4, 0.5) is 4.39 Å². The van der Waals surface area contributed by atoms with Gasteiger partial charge in [-0.15, -0.1) is 0 Å². The number of hydrogen-bond donors (Lipinski definition) is 2. The highest BCUT2D eigenvalue weighted by molar-refractivity contribution is 7.89. The molecule has 0 spiro atoms. The van der Waals surface area contributed by atoms with Crippen molar-refractivity contribution in [3.05, 3.63) is 17.9 Å². The van der Waals surface area contributed by atoms with Gasteiger partial charge in [0.2, 0.25) is 10.0 Å². The summed E-state index contributed by atoms with van der Waals surface area (Å²) in [5.41, 5.74) is 0. The van der Waals surface area contributed by atoms with E-state index in [1.807, 2.05) is 0 Å². The van der Waals surface area contributed by atoms with Gasteiger partial charge in [-0.3, -0.25) is 0 Å². The highest BCUT2D eigenvalue weighted by atomic mass is 32.2. The largest absolute Gasteiger partial charge is 0.493 e. The number of aliphatic hydroxyl groups is 1. The van der Waals surface area contributed by atoms with Crippen LogP contribution < -0.4 is 14.2 Å². The summed E-state index contributed by atoms with van der Waals surface area (Å²) in [6.07, 6.45) is 0. The van der Waals surface area contributed by atoms with Crippen molar-refractivity contribution in [3.63, 3.8) is 0 Å². The molecule has 9 heteroatoms. The Morgan fingerprint density at radius 2 is 1.81 bits per heavy atom. The van der Waals surface area contributed by atoms with Gasteiger partial charge in [-0.05, 0) is 0 Å². The van der Waals surface area contributed by atoms with E-state index in [0.29, 0.717) is 0 Å². The lowest BCUT2D eigenvalue weighted by Crippen LogP contribution is -2.40. The van der Waals surface area contributed by atoms with Gasteiger partial charge >= 0.3 is 0 Å². The number of sulfonamides is 1. The molecule has 1 rings (SSSR count). The molecule has 0 aliphatic rings. The van der Waals surface area contributed by atoms with Crippen LogP contribution in [0.5, 0.6) is 11.5 Å². The number of rotatable bonds is 8. The maximum Gasteiger partial charge on any atom is 0.244 e. The van der Waals surface area contributed by atoms with E-state index in [-0.39, 0.29) is 18.1 Å². The summed E-state index contributed by atoms with van der Waals surface area (Å²) in [6.45, 7) is -0.535. The predicted octanol–water partition coefficient (Wildman–Crippen LogP) is 0.128. The van der Waals surface area contributed by atoms with Crippen molar-refractivity contribution in [2.45, 2.75) is 10.9 Å². The van der Waals surface area contributed by atoms with Crippen molar-refractivity contribution in [1.29, 1.82) is 0 Å². The number of nitrogens with one attached hydrogen (secondary N) is 1. The fraction of sp³-hybridized carbons (Fsp3) is 0.500. The van der Waals surface area contributed by atoms with E-state index in [1.54, 1.807) is 0 Å². The Balaban J connectivity index is 3.19. The van der Waals surface area contributed by atoms with Crippen molar-refractivity contribution in [2.24, 2.45) is 0 Å². The fourth-order valence-electron chi connectivity index (χ4n) is 1.65. The maximum atomic E-state index is 13.9. The number of hydrogen-bond acceptors (Lipinski definition) is 6. The number of halogens is 1. The minimum Gasteiger partial charge on any atom is -0.493 e. The van der Waals surface area contributed by atoms with E-state index in [4.69, 9.17) is 19.3 Å². The van der Waals surface area contributed by atoms with Crippen LogP contribution in [0.3, 0.4) is 0 Å². The smallest absolute Gasteiger partial charge is 0.244 e. The third kappa shape index (κ3) is 4.27. The van der Waals surface area contributed by atoms with Gasteiger partial charge in [0.15, 0.2) is 11.5 Å². The van der Waals surface area contributed by atoms with Gasteiger partial charge in [0.1, 0.15) is 10.7 Å². The van der Waals surface area contributed by atoms with Gasteiger partial charge < -0.3 is 19.3 Å². The zero-order valence-corrected chi connectivity index (χ0v) is 12.7. The number of ether oxygens (including phenoxy) is 3. The van der Waals surface area contributed by atoms with Crippen LogP contribution in [0.2, 0.25) is 0 Å². The molecule has 1 aromatic rings. The van der Waals surface area contributed by atoms with E-state index < -0.39 is 33.4 Å². The molecule has 0 saturated heterocycles. The van der Waals surface area contributed by atoms with E-state index in [9.17, 15) is 12.8 Å². The van der Waals surface area contributed by atoms with Crippen LogP contribution in [0.1, 0.15) is 0 Å². The molecule has 0 aliphatic carbocycles. The first-order chi connectivity index (χ1) is 9.89. The third-order valence-electron chi connectivity index (χ3n) is 2.64. The lowest BCUT2D eigenvalue weighted by molar-refractivity contribution is 0.139. The molecule has 0 aromatic heterocycles. The number of benzene rings is 1. The summed E-state index contributed by atoms with van der Waals surface area (Å²) < 4.78 is 55.0. The monoisotopic (exact) mass is 323 g/mol. The lowest BCUT2D eigenvalue weighted by Gasteiger charge is -2.17. The zero-order chi connectivity index (χ0) is 16.0. The minimum atomic E-state index is -4.18. The molecule has 1 aromatic carbocycles. The van der Waals surface area contributed by atoms with Crippen LogP contribution in [0.25, 0.3) is 0 Å². The first-order valence-electron chi connectivity index (χ1n) is 5.93. The van der Waals surface area contributed by atoms with Crippen molar-refractivity contribution in [1.82, 2.24) is 4.72 Å². The van der Waals surface area contributed by atoms with Crippen molar-refractivity contribution >= 4 is 10.0 Å². The van der Waals surface area contributed by atoms with Crippen molar-refractivity contribution < 1.29 is 32.1 Å². The van der Waals surface area contributed by atoms with Gasteiger partial charge in [-0.25, -0.2) is 17.5 Å². The highest BCUT2D eigenvalue weighted by Gasteiger charge is 2.25. The molecule has 7 nitrogen and oxygen atoms in total. The standard InChI is InChI=1S/C12H18FNO6S/c1-18-7-8(6-15)14-21(16,17)12-5-11(20-3)10(19-2)4-9(12)13/h4-5,8,14-15H,6-7H2,1-3H3. The fourth-order valence-corrected chi connectivity index (χ4v) is 2.94. The number of methoxy groups -OCH3 is 3. The molecule has 0 fully saturated rings. The van der Waals surface area contributed by atoms with Crippen LogP contribution >= 0.6 is 0 Å². The molecule has 0 radical (unpaired) electrons. The maximum absolute atomic E-state index is 13.9. The van der Waals surface area contributed by atoms with Crippen molar-refractivity contribution in [2.75, 3.05) is 34.5 Å². The molecule has 0 saturated carbocycles. The van der Waals surface area contributed by atoms with Crippen LogP contribution in [-0.2, 0) is 14.8 Å². The second kappa shape index (κ2) is 7.55. The second-order valence-electron chi connectivity index (χ2n) is 4.09. The number of aliphatic hydroxyl groups excluding tert-OH is 1. The van der Waals surface area contributed by atoms with E-state index >= 15 is 0 Å². The summed E-state index contributed by atoms with van der Waals surface area (Å²) in [7, 11) is -0.211. The third-order valence-corrected chi connectivity index (χ3v) is 4.17. The molecular weight excluding hydrogens is 305 g/mol. The first kappa shape index (κ1) is 17.6. The summed E-state index contributed by atoms with van der Waals surface area (Å²) in [5, 5.41) is 9.07. The second-order valence-corrected chi connectivity index (χ2v) is 5.78. The molecule has 0 bridgehead atoms. The Hall–Kier alpha value is -1.42. The average Bonchev–Trinajstić information content (AvgIpc) is 2.45. The van der Waals surface area contributed by atoms with Gasteiger partial charge in [-0.1, -0.05) is 0 Å². The normalized spacial score (nSPS) is 13.0. The lowest BCUT2D eigenvalue weighted by atomic mass is 10.3. The summed E-state index contributed by atoms with van der Waals surface area (Å²) in [6, 6.07) is 1.04. The Kier molecular flexibility index (Phi) is 6.34. The van der Waals surface area contributed by atoms with Gasteiger partial charge in [0.05, 0.1) is 33.5 Å². The van der Waals surface area contributed by atoms with Gasteiger partial charge in [0, 0.05) is 19.2 Å². The Morgan fingerprint density at radius 3 is 2.29 bits per heavy atom. The molecule has 21 heavy (non-hydrogen) atoms. The first-order valence-corrected chi connectivity index (χ1v) is 7.41. The predicted molar refractivity (Wildman–Crippen MR) is 72.6 cm³/mol. The van der Waals surface area contributed by atoms with Crippen LogP contribution in [-0.4, -0.2) is 54.1 Å².